The van der Waals surface area contributed by atoms with Gasteiger partial charge in [0.2, 0.25) is 5.91 Å². The highest BCUT2D eigenvalue weighted by Crippen LogP contribution is 2.35. The lowest BCUT2D eigenvalue weighted by atomic mass is 9.98. The average molecular weight is 423 g/mol. The highest BCUT2D eigenvalue weighted by Gasteiger charge is 2.52. The van der Waals surface area contributed by atoms with Gasteiger partial charge in [0.05, 0.1) is 0 Å². The number of urea groups is 1. The Bertz CT molecular complexity index is 696. The summed E-state index contributed by atoms with van der Waals surface area (Å²) < 4.78 is 5.27. The van der Waals surface area contributed by atoms with Gasteiger partial charge in [0, 0.05) is 32.1 Å². The van der Waals surface area contributed by atoms with Crippen LogP contribution in [-0.4, -0.2) is 70.6 Å². The first-order valence-corrected chi connectivity index (χ1v) is 11.0. The molecule has 9 nitrogen and oxygen atoms in total. The Labute approximate surface area is 177 Å². The van der Waals surface area contributed by atoms with Gasteiger partial charge in [0.1, 0.15) is 11.1 Å². The lowest BCUT2D eigenvalue weighted by Gasteiger charge is -2.36. The molecule has 0 aromatic heterocycles. The van der Waals surface area contributed by atoms with Crippen molar-refractivity contribution in [2.45, 2.75) is 89.3 Å². The van der Waals surface area contributed by atoms with E-state index in [0.717, 1.165) is 32.1 Å². The molecule has 3 aliphatic rings. The molecule has 2 saturated heterocycles. The third-order valence-electron chi connectivity index (χ3n) is 6.08. The summed E-state index contributed by atoms with van der Waals surface area (Å²) in [4.78, 5) is 52.8. The second kappa shape index (κ2) is 8.81. The molecule has 0 aromatic rings. The maximum atomic E-state index is 12.9. The number of nitrogens with one attached hydrogen (secondary N) is 2. The van der Waals surface area contributed by atoms with Gasteiger partial charge in [0.15, 0.2) is 0 Å². The van der Waals surface area contributed by atoms with E-state index in [9.17, 15) is 19.2 Å². The van der Waals surface area contributed by atoms with Gasteiger partial charge < -0.3 is 20.3 Å². The molecule has 1 spiro atoms. The van der Waals surface area contributed by atoms with E-state index >= 15 is 0 Å². The van der Waals surface area contributed by atoms with Crippen molar-refractivity contribution < 1.29 is 23.9 Å². The van der Waals surface area contributed by atoms with Crippen LogP contribution in [0.3, 0.4) is 0 Å². The van der Waals surface area contributed by atoms with Crippen LogP contribution in [0.4, 0.5) is 9.59 Å². The van der Waals surface area contributed by atoms with Crippen LogP contribution in [0.15, 0.2) is 0 Å². The second-order valence-electron chi connectivity index (χ2n) is 9.55. The number of carbonyl (C=O) groups excluding carboxylic acids is 4. The van der Waals surface area contributed by atoms with Crippen LogP contribution in [0.5, 0.6) is 0 Å². The van der Waals surface area contributed by atoms with Gasteiger partial charge in [-0.25, -0.2) is 9.59 Å². The number of imide groups is 1. The lowest BCUT2D eigenvalue weighted by molar-refractivity contribution is -0.136. The van der Waals surface area contributed by atoms with Gasteiger partial charge in [0.25, 0.3) is 5.91 Å². The van der Waals surface area contributed by atoms with Crippen LogP contribution in [-0.2, 0) is 14.3 Å². The molecule has 5 amide bonds. The van der Waals surface area contributed by atoms with Gasteiger partial charge in [-0.05, 0) is 52.9 Å². The van der Waals surface area contributed by atoms with E-state index in [-0.39, 0.29) is 30.8 Å². The average Bonchev–Trinajstić information content (AvgIpc) is 3.23. The highest BCUT2D eigenvalue weighted by atomic mass is 16.6. The summed E-state index contributed by atoms with van der Waals surface area (Å²) in [6.45, 7) is 6.43. The molecule has 0 bridgehead atoms. The van der Waals surface area contributed by atoms with Crippen molar-refractivity contribution >= 4 is 23.9 Å². The number of rotatable bonds is 5. The fourth-order valence-corrected chi connectivity index (χ4v) is 4.60. The minimum absolute atomic E-state index is 0.0912. The highest BCUT2D eigenvalue weighted by molar-refractivity contribution is 6.07. The standard InChI is InChI=1S/C21H34N4O5/c1-20(2,3)30-19(29)22-14-15-8-4-7-12-24(15)16(26)9-13-25-17(27)21(23-18(25)28)10-5-6-11-21/h15H,4-14H2,1-3H3,(H,22,29)(H,23,28). The fourth-order valence-electron chi connectivity index (χ4n) is 4.60. The first-order valence-electron chi connectivity index (χ1n) is 11.0. The summed E-state index contributed by atoms with van der Waals surface area (Å²) >= 11 is 0. The quantitative estimate of drug-likeness (QED) is 0.660. The van der Waals surface area contributed by atoms with Gasteiger partial charge in [-0.3, -0.25) is 14.5 Å². The Hall–Kier alpha value is -2.32. The molecule has 1 unspecified atom stereocenters. The van der Waals surface area contributed by atoms with Gasteiger partial charge in [-0.1, -0.05) is 12.8 Å². The predicted octanol–water partition coefficient (Wildman–Crippen LogP) is 2.15. The van der Waals surface area contributed by atoms with Crippen LogP contribution < -0.4 is 10.6 Å². The van der Waals surface area contributed by atoms with E-state index in [0.29, 0.717) is 25.9 Å². The summed E-state index contributed by atoms with van der Waals surface area (Å²) in [6.07, 6.45) is 5.49. The predicted molar refractivity (Wildman–Crippen MR) is 110 cm³/mol. The van der Waals surface area contributed by atoms with Crippen LogP contribution in [0.25, 0.3) is 0 Å². The van der Waals surface area contributed by atoms with Gasteiger partial charge >= 0.3 is 12.1 Å². The van der Waals surface area contributed by atoms with Crippen molar-refractivity contribution in [2.75, 3.05) is 19.6 Å². The Morgan fingerprint density at radius 2 is 1.87 bits per heavy atom. The van der Waals surface area contributed by atoms with Gasteiger partial charge in [-0.15, -0.1) is 0 Å². The molecule has 3 fully saturated rings. The third kappa shape index (κ3) is 5.05. The van der Waals surface area contributed by atoms with Crippen molar-refractivity contribution in [3.05, 3.63) is 0 Å². The molecule has 0 aromatic carbocycles. The monoisotopic (exact) mass is 422 g/mol. The zero-order chi connectivity index (χ0) is 21.9. The second-order valence-corrected chi connectivity index (χ2v) is 9.55. The molecule has 0 radical (unpaired) electrons. The molecule has 2 heterocycles. The van der Waals surface area contributed by atoms with Crippen molar-refractivity contribution in [3.8, 4) is 0 Å². The van der Waals surface area contributed by atoms with Crippen LogP contribution in [0, 0.1) is 0 Å². The summed E-state index contributed by atoms with van der Waals surface area (Å²) in [5.74, 6) is -0.293. The van der Waals surface area contributed by atoms with E-state index in [1.54, 1.807) is 25.7 Å². The Balaban J connectivity index is 1.52. The minimum atomic E-state index is -0.745. The molecule has 30 heavy (non-hydrogen) atoms. The number of nitrogens with zero attached hydrogens (tertiary/aromatic N) is 2. The first kappa shape index (κ1) is 22.4. The Kier molecular flexibility index (Phi) is 6.57. The maximum absolute atomic E-state index is 12.9. The number of hydrogen-bond acceptors (Lipinski definition) is 5. The van der Waals surface area contributed by atoms with E-state index in [4.69, 9.17) is 4.74 Å². The van der Waals surface area contributed by atoms with Crippen LogP contribution in [0.2, 0.25) is 0 Å². The van der Waals surface area contributed by atoms with E-state index in [1.807, 2.05) is 0 Å². The van der Waals surface area contributed by atoms with E-state index in [1.165, 1.54) is 4.90 Å². The number of carbonyl (C=O) groups is 4. The largest absolute Gasteiger partial charge is 0.444 e. The molecule has 3 rings (SSSR count). The van der Waals surface area contributed by atoms with E-state index < -0.39 is 23.3 Å². The summed E-state index contributed by atoms with van der Waals surface area (Å²) in [7, 11) is 0. The Morgan fingerprint density at radius 3 is 2.53 bits per heavy atom. The van der Waals surface area contributed by atoms with Crippen LogP contribution in [0.1, 0.15) is 72.1 Å². The molecule has 1 saturated carbocycles. The number of likely N-dealkylation sites (tertiary alicyclic amines) is 1. The van der Waals surface area contributed by atoms with Crippen molar-refractivity contribution in [1.29, 1.82) is 0 Å². The molecular formula is C21H34N4O5. The summed E-state index contributed by atoms with van der Waals surface area (Å²) in [6, 6.07) is -0.500. The normalized spacial score (nSPS) is 23.6. The molecular weight excluding hydrogens is 388 g/mol. The topological polar surface area (TPSA) is 108 Å². The molecule has 168 valence electrons. The SMILES string of the molecule is CC(C)(C)OC(=O)NCC1CCCCN1C(=O)CCN1C(=O)NC2(CCCC2)C1=O. The molecule has 2 N–H and O–H groups in total. The number of amides is 5. The minimum Gasteiger partial charge on any atom is -0.444 e. The number of hydrogen-bond donors (Lipinski definition) is 2. The first-order chi connectivity index (χ1) is 14.1. The fraction of sp³-hybridized carbons (Fsp3) is 0.810. The summed E-state index contributed by atoms with van der Waals surface area (Å²) in [5, 5.41) is 5.60. The van der Waals surface area contributed by atoms with Crippen molar-refractivity contribution in [1.82, 2.24) is 20.4 Å². The third-order valence-corrected chi connectivity index (χ3v) is 6.08. The molecule has 1 aliphatic carbocycles. The zero-order valence-corrected chi connectivity index (χ0v) is 18.3. The number of ether oxygens (including phenoxy) is 1. The van der Waals surface area contributed by atoms with E-state index in [2.05, 4.69) is 10.6 Å². The number of piperidine rings is 1. The summed E-state index contributed by atoms with van der Waals surface area (Å²) in [5.41, 5.74) is -1.32. The van der Waals surface area contributed by atoms with Crippen molar-refractivity contribution in [2.24, 2.45) is 0 Å². The Morgan fingerprint density at radius 1 is 1.17 bits per heavy atom. The lowest BCUT2D eigenvalue weighted by Crippen LogP contribution is -2.50. The molecule has 9 heteroatoms. The zero-order valence-electron chi connectivity index (χ0n) is 18.3. The van der Waals surface area contributed by atoms with Gasteiger partial charge in [-0.2, -0.15) is 0 Å². The molecule has 2 aliphatic heterocycles. The van der Waals surface area contributed by atoms with Crippen molar-refractivity contribution in [3.63, 3.8) is 0 Å². The van der Waals surface area contributed by atoms with Crippen LogP contribution >= 0.6 is 0 Å². The molecule has 1 atom stereocenters. The smallest absolute Gasteiger partial charge is 0.407 e. The number of alkyl carbamates (subject to hydrolysis) is 1. The maximum Gasteiger partial charge on any atom is 0.407 e.